The van der Waals surface area contributed by atoms with Gasteiger partial charge in [-0.05, 0) is 42.8 Å². The lowest BCUT2D eigenvalue weighted by Gasteiger charge is -2.06. The van der Waals surface area contributed by atoms with E-state index in [-0.39, 0.29) is 5.91 Å². The van der Waals surface area contributed by atoms with E-state index < -0.39 is 0 Å². The summed E-state index contributed by atoms with van der Waals surface area (Å²) in [4.78, 5) is 17.0. The van der Waals surface area contributed by atoms with E-state index in [0.29, 0.717) is 5.57 Å². The summed E-state index contributed by atoms with van der Waals surface area (Å²) < 4.78 is 2.99. The Morgan fingerprint density at radius 2 is 2.00 bits per heavy atom. The summed E-state index contributed by atoms with van der Waals surface area (Å²) in [6.07, 6.45) is 1.86. The second kappa shape index (κ2) is 5.06. The number of imidazole rings is 1. The molecule has 114 valence electrons. The molecule has 0 fully saturated rings. The van der Waals surface area contributed by atoms with Gasteiger partial charge in [0.2, 0.25) is 0 Å². The lowest BCUT2D eigenvalue weighted by atomic mass is 10.0. The highest BCUT2D eigenvalue weighted by Crippen LogP contribution is 2.38. The van der Waals surface area contributed by atoms with E-state index in [1.807, 2.05) is 61.0 Å². The highest BCUT2D eigenvalue weighted by Gasteiger charge is 2.27. The number of para-hydroxylation sites is 2. The first-order valence-electron chi connectivity index (χ1n) is 7.30. The zero-order valence-corrected chi connectivity index (χ0v) is 14.3. The Bertz CT molecular complexity index is 1000. The van der Waals surface area contributed by atoms with Crippen molar-refractivity contribution in [1.82, 2.24) is 9.55 Å². The molecule has 0 bridgehead atoms. The van der Waals surface area contributed by atoms with Crippen LogP contribution in [0.25, 0.3) is 22.7 Å². The molecule has 0 radical (unpaired) electrons. The Morgan fingerprint density at radius 1 is 1.22 bits per heavy atom. The first-order chi connectivity index (χ1) is 11.1. The number of benzene rings is 2. The molecular weight excluding hydrogens is 354 g/mol. The van der Waals surface area contributed by atoms with E-state index in [0.717, 1.165) is 38.1 Å². The highest BCUT2D eigenvalue weighted by atomic mass is 79.9. The van der Waals surface area contributed by atoms with Gasteiger partial charge in [0.1, 0.15) is 5.82 Å². The molecule has 4 nitrogen and oxygen atoms in total. The van der Waals surface area contributed by atoms with Crippen LogP contribution in [0.15, 0.2) is 40.9 Å². The maximum Gasteiger partial charge on any atom is 0.256 e. The van der Waals surface area contributed by atoms with Gasteiger partial charge in [0.25, 0.3) is 5.91 Å². The molecule has 1 aliphatic rings. The molecule has 5 heteroatoms. The van der Waals surface area contributed by atoms with Crippen LogP contribution in [0.5, 0.6) is 0 Å². The summed E-state index contributed by atoms with van der Waals surface area (Å²) in [5.41, 5.74) is 5.45. The van der Waals surface area contributed by atoms with Crippen molar-refractivity contribution in [1.29, 1.82) is 0 Å². The summed E-state index contributed by atoms with van der Waals surface area (Å²) >= 11 is 3.54. The molecule has 4 rings (SSSR count). The second-order valence-electron chi connectivity index (χ2n) is 5.62. The van der Waals surface area contributed by atoms with Crippen molar-refractivity contribution in [2.24, 2.45) is 7.05 Å². The summed E-state index contributed by atoms with van der Waals surface area (Å²) in [5, 5.41) is 2.92. The van der Waals surface area contributed by atoms with E-state index in [4.69, 9.17) is 0 Å². The van der Waals surface area contributed by atoms with Gasteiger partial charge in [-0.15, -0.1) is 0 Å². The van der Waals surface area contributed by atoms with Crippen molar-refractivity contribution in [3.63, 3.8) is 0 Å². The minimum absolute atomic E-state index is 0.0896. The fraction of sp³-hybridized carbons (Fsp3) is 0.111. The molecule has 0 aliphatic carbocycles. The number of hydrogen-bond donors (Lipinski definition) is 1. The van der Waals surface area contributed by atoms with Gasteiger partial charge < -0.3 is 9.88 Å². The number of rotatable bonds is 1. The normalized spacial score (nSPS) is 15.3. The molecule has 3 aromatic rings. The molecule has 0 unspecified atom stereocenters. The van der Waals surface area contributed by atoms with Crippen molar-refractivity contribution < 1.29 is 4.79 Å². The zero-order valence-electron chi connectivity index (χ0n) is 12.7. The summed E-state index contributed by atoms with van der Waals surface area (Å²) in [6.45, 7) is 2.01. The third kappa shape index (κ3) is 2.11. The van der Waals surface area contributed by atoms with E-state index >= 15 is 0 Å². The van der Waals surface area contributed by atoms with Gasteiger partial charge in [-0.25, -0.2) is 4.98 Å². The van der Waals surface area contributed by atoms with Crippen LogP contribution < -0.4 is 5.32 Å². The smallest absolute Gasteiger partial charge is 0.256 e. The standard InChI is InChI=1S/C18H14BrN3O/c1-10-12(19)7-8-14-17(10)11(18(23)21-14)9-16-20-13-5-3-4-6-15(13)22(16)2/h3-9H,1-2H3,(H,21,23). The number of anilines is 1. The van der Waals surface area contributed by atoms with Crippen LogP contribution in [-0.2, 0) is 11.8 Å². The fourth-order valence-corrected chi connectivity index (χ4v) is 3.33. The topological polar surface area (TPSA) is 46.9 Å². The summed E-state index contributed by atoms with van der Waals surface area (Å²) in [7, 11) is 1.96. The Kier molecular flexibility index (Phi) is 3.13. The molecule has 1 aromatic heterocycles. The van der Waals surface area contributed by atoms with Gasteiger partial charge in [-0.2, -0.15) is 0 Å². The molecule has 1 amide bonds. The van der Waals surface area contributed by atoms with Crippen LogP contribution in [0.3, 0.4) is 0 Å². The van der Waals surface area contributed by atoms with Crippen LogP contribution >= 0.6 is 15.9 Å². The number of fused-ring (bicyclic) bond motifs is 2. The van der Waals surface area contributed by atoms with Gasteiger partial charge in [-0.1, -0.05) is 28.1 Å². The zero-order chi connectivity index (χ0) is 16.1. The fourth-order valence-electron chi connectivity index (χ4n) is 3.00. The second-order valence-corrected chi connectivity index (χ2v) is 6.48. The van der Waals surface area contributed by atoms with Crippen LogP contribution in [0.1, 0.15) is 17.0 Å². The molecule has 0 saturated heterocycles. The molecule has 2 heterocycles. The van der Waals surface area contributed by atoms with Gasteiger partial charge in [0.15, 0.2) is 0 Å². The van der Waals surface area contributed by atoms with Gasteiger partial charge in [0.05, 0.1) is 16.6 Å². The van der Waals surface area contributed by atoms with Crippen LogP contribution in [0.4, 0.5) is 5.69 Å². The van der Waals surface area contributed by atoms with E-state index in [1.165, 1.54) is 0 Å². The Balaban J connectivity index is 1.94. The number of carbonyl (C=O) groups excluding carboxylic acids is 1. The predicted molar refractivity (Wildman–Crippen MR) is 96.1 cm³/mol. The molecule has 2 aromatic carbocycles. The molecule has 1 aliphatic heterocycles. The van der Waals surface area contributed by atoms with Gasteiger partial charge in [-0.3, -0.25) is 4.79 Å². The molecule has 0 atom stereocenters. The average molecular weight is 368 g/mol. The van der Waals surface area contributed by atoms with Crippen LogP contribution in [-0.4, -0.2) is 15.5 Å². The quantitative estimate of drug-likeness (QED) is 0.657. The largest absolute Gasteiger partial charge is 0.328 e. The number of amides is 1. The highest BCUT2D eigenvalue weighted by molar-refractivity contribution is 9.10. The number of hydrogen-bond acceptors (Lipinski definition) is 2. The SMILES string of the molecule is Cc1c(Br)ccc2c1C(=Cc1nc3ccccc3n1C)C(=O)N2. The van der Waals surface area contributed by atoms with Crippen LogP contribution in [0, 0.1) is 6.92 Å². The van der Waals surface area contributed by atoms with Gasteiger partial charge >= 0.3 is 0 Å². The maximum absolute atomic E-state index is 12.4. The van der Waals surface area contributed by atoms with Crippen molar-refractivity contribution in [3.05, 3.63) is 57.8 Å². The minimum atomic E-state index is -0.0896. The van der Waals surface area contributed by atoms with E-state index in [1.54, 1.807) is 0 Å². The predicted octanol–water partition coefficient (Wildman–Crippen LogP) is 4.14. The molecule has 1 N–H and O–H groups in total. The van der Waals surface area contributed by atoms with Crippen molar-refractivity contribution in [2.75, 3.05) is 5.32 Å². The lowest BCUT2D eigenvalue weighted by molar-refractivity contribution is -0.110. The number of nitrogens with one attached hydrogen (secondary N) is 1. The third-order valence-electron chi connectivity index (χ3n) is 4.26. The number of aryl methyl sites for hydroxylation is 1. The van der Waals surface area contributed by atoms with Crippen molar-refractivity contribution >= 4 is 50.2 Å². The van der Waals surface area contributed by atoms with Crippen molar-refractivity contribution in [3.8, 4) is 0 Å². The van der Waals surface area contributed by atoms with E-state index in [2.05, 4.69) is 26.2 Å². The Hall–Kier alpha value is -2.40. The third-order valence-corrected chi connectivity index (χ3v) is 5.12. The first kappa shape index (κ1) is 14.2. The number of nitrogens with zero attached hydrogens (tertiary/aromatic N) is 2. The van der Waals surface area contributed by atoms with Gasteiger partial charge in [0, 0.05) is 22.8 Å². The van der Waals surface area contributed by atoms with Crippen LogP contribution in [0.2, 0.25) is 0 Å². The maximum atomic E-state index is 12.4. The Labute approximate surface area is 142 Å². The lowest BCUT2D eigenvalue weighted by Crippen LogP contribution is -2.04. The average Bonchev–Trinajstić information content (AvgIpc) is 3.03. The summed E-state index contributed by atoms with van der Waals surface area (Å²) in [6, 6.07) is 11.8. The Morgan fingerprint density at radius 3 is 2.78 bits per heavy atom. The molecule has 0 saturated carbocycles. The first-order valence-corrected chi connectivity index (χ1v) is 8.09. The monoisotopic (exact) mass is 367 g/mol. The summed E-state index contributed by atoms with van der Waals surface area (Å²) in [5.74, 6) is 0.678. The van der Waals surface area contributed by atoms with E-state index in [9.17, 15) is 4.79 Å². The minimum Gasteiger partial charge on any atom is -0.328 e. The number of halogens is 1. The van der Waals surface area contributed by atoms with Crippen molar-refractivity contribution in [2.45, 2.75) is 6.92 Å². The number of aromatic nitrogens is 2. The molecule has 23 heavy (non-hydrogen) atoms. The molecule has 0 spiro atoms. The number of carbonyl (C=O) groups is 1. The molecular formula is C18H14BrN3O.